The molecule has 1 aliphatic carbocycles. The van der Waals surface area contributed by atoms with Crippen LogP contribution in [0.1, 0.15) is 24.0 Å². The van der Waals surface area contributed by atoms with Crippen molar-refractivity contribution in [2.45, 2.75) is 25.0 Å². The molecule has 1 aliphatic rings. The van der Waals surface area contributed by atoms with Crippen molar-refractivity contribution in [3.63, 3.8) is 0 Å². The molecule has 0 aliphatic heterocycles. The van der Waals surface area contributed by atoms with Gasteiger partial charge in [-0.1, -0.05) is 65.9 Å². The summed E-state index contributed by atoms with van der Waals surface area (Å²) >= 11 is 6.31. The van der Waals surface area contributed by atoms with Crippen LogP contribution in [0.25, 0.3) is 11.1 Å². The van der Waals surface area contributed by atoms with Gasteiger partial charge in [0.2, 0.25) is 5.95 Å². The van der Waals surface area contributed by atoms with E-state index in [1.807, 2.05) is 42.5 Å². The molecule has 0 bridgehead atoms. The van der Waals surface area contributed by atoms with Crippen molar-refractivity contribution in [3.05, 3.63) is 70.9 Å². The van der Waals surface area contributed by atoms with E-state index in [9.17, 15) is 10.2 Å². The Morgan fingerprint density at radius 3 is 2.39 bits per heavy atom. The Balaban J connectivity index is 1.57. The van der Waals surface area contributed by atoms with Crippen LogP contribution in [0, 0.1) is 17.8 Å². The molecular formula is C24H23ClN4O2. The van der Waals surface area contributed by atoms with Gasteiger partial charge in [-0.2, -0.15) is 9.97 Å². The number of hydrogen-bond donors (Lipinski definition) is 4. The van der Waals surface area contributed by atoms with Crippen LogP contribution in [-0.2, 0) is 0 Å². The van der Waals surface area contributed by atoms with E-state index in [2.05, 4.69) is 39.3 Å². The lowest BCUT2D eigenvalue weighted by molar-refractivity contribution is 0.0908. The van der Waals surface area contributed by atoms with Crippen LogP contribution in [0.2, 0.25) is 5.15 Å². The van der Waals surface area contributed by atoms with E-state index < -0.39 is 6.10 Å². The van der Waals surface area contributed by atoms with E-state index in [0.717, 1.165) is 16.7 Å². The highest BCUT2D eigenvalue weighted by Gasteiger charge is 2.33. The Labute approximate surface area is 186 Å². The number of aliphatic hydroxyl groups excluding tert-OH is 2. The summed E-state index contributed by atoms with van der Waals surface area (Å²) in [4.78, 5) is 8.29. The van der Waals surface area contributed by atoms with E-state index in [1.165, 1.54) is 0 Å². The zero-order chi connectivity index (χ0) is 21.8. The van der Waals surface area contributed by atoms with Crippen LogP contribution in [-0.4, -0.2) is 38.9 Å². The molecule has 0 spiro atoms. The van der Waals surface area contributed by atoms with Crippen LogP contribution in [0.3, 0.4) is 0 Å². The standard InChI is InChI=1S/C24H23ClN4O2/c25-22-20(11-8-15-6-9-17(10-7-15)16-4-2-1-3-5-16)23(29-24(26)28-22)27-19-12-18(14-30)21(31)13-19/h1-7,9-10,18-19,21,30-31H,12-14H2,(H3,26,27,28,29)/t18-,19-,21+/m1/s1. The first-order valence-corrected chi connectivity index (χ1v) is 10.5. The molecule has 1 aromatic heterocycles. The minimum absolute atomic E-state index is 0.0440. The third kappa shape index (κ3) is 4.97. The SMILES string of the molecule is Nc1nc(Cl)c(C#Cc2ccc(-c3ccccc3)cc2)c(N[C@@H]2C[C@H](CO)[C@@H](O)C2)n1. The van der Waals surface area contributed by atoms with Crippen LogP contribution in [0.4, 0.5) is 11.8 Å². The Morgan fingerprint density at radius 1 is 1.00 bits per heavy atom. The molecule has 1 heterocycles. The molecule has 6 nitrogen and oxygen atoms in total. The van der Waals surface area contributed by atoms with E-state index in [-0.39, 0.29) is 29.7 Å². The molecule has 1 fully saturated rings. The Morgan fingerprint density at radius 2 is 1.71 bits per heavy atom. The zero-order valence-electron chi connectivity index (χ0n) is 16.8. The van der Waals surface area contributed by atoms with Gasteiger partial charge in [0, 0.05) is 24.1 Å². The highest BCUT2D eigenvalue weighted by atomic mass is 35.5. The number of nitrogen functional groups attached to an aromatic ring is 1. The van der Waals surface area contributed by atoms with Gasteiger partial charge in [0.05, 0.1) is 6.10 Å². The zero-order valence-corrected chi connectivity index (χ0v) is 17.5. The number of nitrogens with zero attached hydrogens (tertiary/aromatic N) is 2. The predicted octanol–water partition coefficient (Wildman–Crippen LogP) is 3.32. The summed E-state index contributed by atoms with van der Waals surface area (Å²) in [5.41, 5.74) is 9.31. The average molecular weight is 435 g/mol. The van der Waals surface area contributed by atoms with Gasteiger partial charge in [-0.05, 0) is 36.1 Å². The molecule has 3 atom stereocenters. The highest BCUT2D eigenvalue weighted by molar-refractivity contribution is 6.31. The number of hydrogen-bond acceptors (Lipinski definition) is 6. The van der Waals surface area contributed by atoms with Gasteiger partial charge in [0.15, 0.2) is 5.15 Å². The molecule has 0 amide bonds. The largest absolute Gasteiger partial charge is 0.396 e. The van der Waals surface area contributed by atoms with Crippen molar-refractivity contribution >= 4 is 23.4 Å². The van der Waals surface area contributed by atoms with Gasteiger partial charge in [0.25, 0.3) is 0 Å². The third-order valence-corrected chi connectivity index (χ3v) is 5.71. The molecule has 5 N–H and O–H groups in total. The van der Waals surface area contributed by atoms with Gasteiger partial charge in [-0.3, -0.25) is 0 Å². The lowest BCUT2D eigenvalue weighted by atomic mass is 10.0. The second-order valence-corrected chi connectivity index (χ2v) is 7.97. The summed E-state index contributed by atoms with van der Waals surface area (Å²) in [5.74, 6) is 6.48. The molecular weight excluding hydrogens is 412 g/mol. The smallest absolute Gasteiger partial charge is 0.223 e. The number of anilines is 2. The van der Waals surface area contributed by atoms with Crippen LogP contribution in [0.15, 0.2) is 54.6 Å². The maximum absolute atomic E-state index is 10.1. The monoisotopic (exact) mass is 434 g/mol. The van der Waals surface area contributed by atoms with E-state index in [0.29, 0.717) is 24.2 Å². The average Bonchev–Trinajstić information content (AvgIpc) is 3.13. The predicted molar refractivity (Wildman–Crippen MR) is 123 cm³/mol. The summed E-state index contributed by atoms with van der Waals surface area (Å²) in [6.07, 6.45) is 0.558. The second kappa shape index (κ2) is 9.36. The quantitative estimate of drug-likeness (QED) is 0.371. The van der Waals surface area contributed by atoms with Crippen molar-refractivity contribution in [2.24, 2.45) is 5.92 Å². The number of rotatable bonds is 4. The second-order valence-electron chi connectivity index (χ2n) is 7.61. The summed E-state index contributed by atoms with van der Waals surface area (Å²) in [6, 6.07) is 18.0. The van der Waals surface area contributed by atoms with Crippen molar-refractivity contribution in [3.8, 4) is 23.0 Å². The first-order chi connectivity index (χ1) is 15.0. The van der Waals surface area contributed by atoms with Crippen molar-refractivity contribution < 1.29 is 10.2 Å². The topological polar surface area (TPSA) is 104 Å². The lowest BCUT2D eigenvalue weighted by Crippen LogP contribution is -2.19. The first-order valence-electron chi connectivity index (χ1n) is 10.1. The molecule has 7 heteroatoms. The maximum Gasteiger partial charge on any atom is 0.223 e. The van der Waals surface area contributed by atoms with E-state index in [1.54, 1.807) is 0 Å². The van der Waals surface area contributed by atoms with Crippen molar-refractivity contribution in [1.82, 2.24) is 9.97 Å². The minimum Gasteiger partial charge on any atom is -0.396 e. The molecule has 0 unspecified atom stereocenters. The number of aliphatic hydroxyl groups is 2. The summed E-state index contributed by atoms with van der Waals surface area (Å²) in [7, 11) is 0. The fourth-order valence-electron chi connectivity index (χ4n) is 3.79. The lowest BCUT2D eigenvalue weighted by Gasteiger charge is -2.15. The molecule has 0 saturated heterocycles. The van der Waals surface area contributed by atoms with Crippen LogP contribution < -0.4 is 11.1 Å². The molecule has 2 aromatic carbocycles. The summed E-state index contributed by atoms with van der Waals surface area (Å²) in [5, 5.41) is 22.9. The van der Waals surface area contributed by atoms with Crippen molar-refractivity contribution in [2.75, 3.05) is 17.7 Å². The molecule has 158 valence electrons. The first kappa shape index (κ1) is 21.1. The van der Waals surface area contributed by atoms with E-state index >= 15 is 0 Å². The number of aromatic nitrogens is 2. The minimum atomic E-state index is -0.560. The third-order valence-electron chi connectivity index (χ3n) is 5.44. The van der Waals surface area contributed by atoms with Crippen LogP contribution >= 0.6 is 11.6 Å². The Kier molecular flexibility index (Phi) is 6.38. The Bertz CT molecular complexity index is 1110. The van der Waals surface area contributed by atoms with Gasteiger partial charge in [-0.25, -0.2) is 0 Å². The van der Waals surface area contributed by atoms with Gasteiger partial charge >= 0.3 is 0 Å². The van der Waals surface area contributed by atoms with E-state index in [4.69, 9.17) is 17.3 Å². The molecule has 31 heavy (non-hydrogen) atoms. The molecule has 4 rings (SSSR count). The summed E-state index contributed by atoms with van der Waals surface area (Å²) in [6.45, 7) is -0.0579. The van der Waals surface area contributed by atoms with Gasteiger partial charge < -0.3 is 21.3 Å². The van der Waals surface area contributed by atoms with Crippen LogP contribution in [0.5, 0.6) is 0 Å². The number of nitrogens with two attached hydrogens (primary N) is 1. The van der Waals surface area contributed by atoms with Gasteiger partial charge in [-0.15, -0.1) is 0 Å². The Hall–Kier alpha value is -3.11. The summed E-state index contributed by atoms with van der Waals surface area (Å²) < 4.78 is 0. The molecule has 0 radical (unpaired) electrons. The number of benzene rings is 2. The van der Waals surface area contributed by atoms with Gasteiger partial charge in [0.1, 0.15) is 11.4 Å². The fourth-order valence-corrected chi connectivity index (χ4v) is 4.01. The molecule has 3 aromatic rings. The van der Waals surface area contributed by atoms with Crippen molar-refractivity contribution in [1.29, 1.82) is 0 Å². The molecule has 1 saturated carbocycles. The number of nitrogens with one attached hydrogen (secondary N) is 1. The fraction of sp³-hybridized carbons (Fsp3) is 0.250. The number of halogens is 1. The normalized spacial score (nSPS) is 20.2. The maximum atomic E-state index is 10.1. The highest BCUT2D eigenvalue weighted by Crippen LogP contribution is 2.30.